The molecule has 90 valence electrons. The molecule has 1 atom stereocenters. The third-order valence-electron chi connectivity index (χ3n) is 2.21. The summed E-state index contributed by atoms with van der Waals surface area (Å²) < 4.78 is 9.00. The van der Waals surface area contributed by atoms with Crippen molar-refractivity contribution in [2.24, 2.45) is 0 Å². The van der Waals surface area contributed by atoms with Crippen LogP contribution in [0, 0.1) is 6.92 Å². The number of methoxy groups -OCH3 is 1. The first-order valence-corrected chi connectivity index (χ1v) is 5.78. The maximum atomic E-state index is 11.0. The van der Waals surface area contributed by atoms with E-state index in [2.05, 4.69) is 9.69 Å². The summed E-state index contributed by atoms with van der Waals surface area (Å²) in [6.07, 6.45) is 0.826. The standard InChI is InChI=1S/C10H16N2O3S/c1-6(4-5-15-3)11-9-8(10(13)14)7(2)12-16-9/h6,11H,4-5H2,1-3H3,(H,13,14). The molecule has 1 rings (SSSR count). The molecule has 1 heterocycles. The SMILES string of the molecule is COCCC(C)Nc1snc(C)c1C(=O)O. The molecule has 0 spiro atoms. The Morgan fingerprint density at radius 3 is 2.94 bits per heavy atom. The summed E-state index contributed by atoms with van der Waals surface area (Å²) in [5.74, 6) is -0.937. The summed E-state index contributed by atoms with van der Waals surface area (Å²) in [6.45, 7) is 4.33. The molecular weight excluding hydrogens is 228 g/mol. The molecule has 0 aliphatic carbocycles. The highest BCUT2D eigenvalue weighted by Crippen LogP contribution is 2.25. The zero-order valence-electron chi connectivity index (χ0n) is 9.61. The van der Waals surface area contributed by atoms with Crippen molar-refractivity contribution < 1.29 is 14.6 Å². The van der Waals surface area contributed by atoms with Gasteiger partial charge in [-0.15, -0.1) is 0 Å². The van der Waals surface area contributed by atoms with Gasteiger partial charge in [-0.1, -0.05) is 0 Å². The predicted molar refractivity (Wildman–Crippen MR) is 63.4 cm³/mol. The zero-order valence-corrected chi connectivity index (χ0v) is 10.4. The lowest BCUT2D eigenvalue weighted by atomic mass is 10.2. The summed E-state index contributed by atoms with van der Waals surface area (Å²) in [4.78, 5) is 11.0. The summed E-state index contributed by atoms with van der Waals surface area (Å²) in [5, 5.41) is 12.8. The molecule has 0 saturated carbocycles. The third kappa shape index (κ3) is 3.18. The monoisotopic (exact) mass is 244 g/mol. The van der Waals surface area contributed by atoms with Crippen LogP contribution in [0.25, 0.3) is 0 Å². The van der Waals surface area contributed by atoms with Crippen LogP contribution >= 0.6 is 11.5 Å². The van der Waals surface area contributed by atoms with Crippen molar-refractivity contribution >= 4 is 22.5 Å². The van der Waals surface area contributed by atoms with Gasteiger partial charge in [0, 0.05) is 19.8 Å². The van der Waals surface area contributed by atoms with E-state index in [4.69, 9.17) is 9.84 Å². The van der Waals surface area contributed by atoms with Gasteiger partial charge in [0.2, 0.25) is 0 Å². The van der Waals surface area contributed by atoms with Crippen molar-refractivity contribution in [1.29, 1.82) is 0 Å². The second-order valence-corrected chi connectivity index (χ2v) is 4.38. The van der Waals surface area contributed by atoms with E-state index >= 15 is 0 Å². The molecule has 0 amide bonds. The van der Waals surface area contributed by atoms with E-state index < -0.39 is 5.97 Å². The average Bonchev–Trinajstić information content (AvgIpc) is 2.56. The smallest absolute Gasteiger partial charge is 0.340 e. The number of rotatable bonds is 6. The van der Waals surface area contributed by atoms with Crippen molar-refractivity contribution in [2.45, 2.75) is 26.3 Å². The Hall–Kier alpha value is -1.14. The van der Waals surface area contributed by atoms with Gasteiger partial charge in [0.1, 0.15) is 10.6 Å². The fraction of sp³-hybridized carbons (Fsp3) is 0.600. The van der Waals surface area contributed by atoms with Crippen molar-refractivity contribution in [2.75, 3.05) is 19.0 Å². The van der Waals surface area contributed by atoms with Gasteiger partial charge < -0.3 is 15.2 Å². The lowest BCUT2D eigenvalue weighted by molar-refractivity contribution is 0.0697. The highest BCUT2D eigenvalue weighted by molar-refractivity contribution is 7.10. The van der Waals surface area contributed by atoms with E-state index in [1.54, 1.807) is 14.0 Å². The first-order chi connectivity index (χ1) is 7.56. The van der Waals surface area contributed by atoms with Gasteiger partial charge >= 0.3 is 5.97 Å². The highest BCUT2D eigenvalue weighted by Gasteiger charge is 2.18. The minimum atomic E-state index is -0.937. The number of aryl methyl sites for hydroxylation is 1. The number of carbonyl (C=O) groups is 1. The fourth-order valence-corrected chi connectivity index (χ4v) is 2.21. The third-order valence-corrected chi connectivity index (χ3v) is 3.08. The van der Waals surface area contributed by atoms with Crippen LogP contribution in [0.1, 0.15) is 29.4 Å². The van der Waals surface area contributed by atoms with Crippen molar-refractivity contribution in [3.8, 4) is 0 Å². The van der Waals surface area contributed by atoms with Gasteiger partial charge in [-0.2, -0.15) is 4.37 Å². The van der Waals surface area contributed by atoms with Crippen LogP contribution in [0.15, 0.2) is 0 Å². The van der Waals surface area contributed by atoms with E-state index in [-0.39, 0.29) is 11.6 Å². The Morgan fingerprint density at radius 1 is 1.69 bits per heavy atom. The van der Waals surface area contributed by atoms with E-state index in [1.165, 1.54) is 11.5 Å². The fourth-order valence-electron chi connectivity index (χ4n) is 1.31. The molecule has 0 aliphatic heterocycles. The number of hydrogen-bond acceptors (Lipinski definition) is 5. The Labute approximate surface area is 98.6 Å². The van der Waals surface area contributed by atoms with Crippen LogP contribution in [0.2, 0.25) is 0 Å². The summed E-state index contributed by atoms with van der Waals surface area (Å²) in [6, 6.07) is 0.165. The van der Waals surface area contributed by atoms with Crippen LogP contribution in [0.5, 0.6) is 0 Å². The number of carboxylic acid groups (broad SMARTS) is 1. The minimum absolute atomic E-state index is 0.165. The summed E-state index contributed by atoms with van der Waals surface area (Å²) in [5.41, 5.74) is 0.827. The second kappa shape index (κ2) is 5.81. The summed E-state index contributed by atoms with van der Waals surface area (Å²) in [7, 11) is 1.65. The van der Waals surface area contributed by atoms with Crippen LogP contribution < -0.4 is 5.32 Å². The molecular formula is C10H16N2O3S. The molecule has 0 aromatic carbocycles. The van der Waals surface area contributed by atoms with Gasteiger partial charge in [0.25, 0.3) is 0 Å². The molecule has 16 heavy (non-hydrogen) atoms. The topological polar surface area (TPSA) is 71.5 Å². The molecule has 0 aliphatic rings. The number of aromatic carboxylic acids is 1. The molecule has 0 fully saturated rings. The van der Waals surface area contributed by atoms with E-state index in [0.717, 1.165) is 6.42 Å². The molecule has 0 saturated heterocycles. The Bertz CT molecular complexity index is 365. The van der Waals surface area contributed by atoms with E-state index in [1.807, 2.05) is 6.92 Å². The Morgan fingerprint density at radius 2 is 2.38 bits per heavy atom. The van der Waals surface area contributed by atoms with Crippen molar-refractivity contribution in [3.05, 3.63) is 11.3 Å². The number of ether oxygens (including phenoxy) is 1. The molecule has 2 N–H and O–H groups in total. The molecule has 1 aromatic rings. The quantitative estimate of drug-likeness (QED) is 0.800. The largest absolute Gasteiger partial charge is 0.478 e. The van der Waals surface area contributed by atoms with Crippen LogP contribution in [-0.2, 0) is 4.74 Å². The van der Waals surface area contributed by atoms with E-state index in [9.17, 15) is 4.79 Å². The average molecular weight is 244 g/mol. The number of nitrogens with zero attached hydrogens (tertiary/aromatic N) is 1. The normalized spacial score (nSPS) is 12.4. The van der Waals surface area contributed by atoms with Crippen LogP contribution in [0.4, 0.5) is 5.00 Å². The zero-order chi connectivity index (χ0) is 12.1. The first kappa shape index (κ1) is 12.9. The van der Waals surface area contributed by atoms with Crippen LogP contribution in [-0.4, -0.2) is 35.2 Å². The lowest BCUT2D eigenvalue weighted by Gasteiger charge is -2.13. The van der Waals surface area contributed by atoms with Gasteiger partial charge in [-0.05, 0) is 31.8 Å². The molecule has 0 bridgehead atoms. The predicted octanol–water partition coefficient (Wildman–Crippen LogP) is 1.99. The highest BCUT2D eigenvalue weighted by atomic mass is 32.1. The van der Waals surface area contributed by atoms with Gasteiger partial charge in [-0.25, -0.2) is 4.79 Å². The van der Waals surface area contributed by atoms with Crippen LogP contribution in [0.3, 0.4) is 0 Å². The number of hydrogen-bond donors (Lipinski definition) is 2. The molecule has 5 nitrogen and oxygen atoms in total. The molecule has 1 unspecified atom stereocenters. The van der Waals surface area contributed by atoms with Crippen molar-refractivity contribution in [3.63, 3.8) is 0 Å². The molecule has 0 radical (unpaired) electrons. The van der Waals surface area contributed by atoms with Crippen molar-refractivity contribution in [1.82, 2.24) is 4.37 Å². The maximum Gasteiger partial charge on any atom is 0.340 e. The Kier molecular flexibility index (Phi) is 4.70. The van der Waals surface area contributed by atoms with Gasteiger partial charge in [-0.3, -0.25) is 0 Å². The number of nitrogens with one attached hydrogen (secondary N) is 1. The Balaban J connectivity index is 2.70. The minimum Gasteiger partial charge on any atom is -0.478 e. The second-order valence-electron chi connectivity index (χ2n) is 3.60. The van der Waals surface area contributed by atoms with Gasteiger partial charge in [0.05, 0.1) is 5.69 Å². The first-order valence-electron chi connectivity index (χ1n) is 5.01. The number of aromatic nitrogens is 1. The molecule has 1 aromatic heterocycles. The number of anilines is 1. The molecule has 6 heteroatoms. The summed E-state index contributed by atoms with van der Waals surface area (Å²) >= 11 is 1.18. The maximum absolute atomic E-state index is 11.0. The van der Waals surface area contributed by atoms with Gasteiger partial charge in [0.15, 0.2) is 0 Å². The number of carboxylic acids is 1. The van der Waals surface area contributed by atoms with E-state index in [0.29, 0.717) is 17.3 Å². The lowest BCUT2D eigenvalue weighted by Crippen LogP contribution is -2.18.